The highest BCUT2D eigenvalue weighted by Crippen LogP contribution is 2.36. The lowest BCUT2D eigenvalue weighted by molar-refractivity contribution is -0.384. The zero-order valence-electron chi connectivity index (χ0n) is 18.8. The minimum Gasteiger partial charge on any atom is -0.487 e. The summed E-state index contributed by atoms with van der Waals surface area (Å²) in [5.41, 5.74) is 2.12. The molecule has 1 saturated heterocycles. The van der Waals surface area contributed by atoms with Crippen LogP contribution in [0.4, 0.5) is 15.8 Å². The van der Waals surface area contributed by atoms with E-state index in [1.165, 1.54) is 36.0 Å². The number of aliphatic imine (C=N–C) groups is 1. The second-order valence-electron chi connectivity index (χ2n) is 7.56. The van der Waals surface area contributed by atoms with Crippen molar-refractivity contribution in [3.8, 4) is 5.75 Å². The Morgan fingerprint density at radius 3 is 2.47 bits per heavy atom. The number of halogens is 3. The number of hydrogen-bond acceptors (Lipinski definition) is 6. The van der Waals surface area contributed by atoms with E-state index >= 15 is 0 Å². The molecule has 0 aromatic heterocycles. The fourth-order valence-corrected chi connectivity index (χ4v) is 6.55. The predicted molar refractivity (Wildman–Crippen MR) is 156 cm³/mol. The molecule has 184 valence electrons. The molecule has 1 aliphatic rings. The number of nitro groups is 1. The molecular weight excluding hydrogens is 711 g/mol. The minimum atomic E-state index is -0.433. The first-order chi connectivity index (χ1) is 17.2. The van der Waals surface area contributed by atoms with Crippen LogP contribution in [0.2, 0.25) is 0 Å². The van der Waals surface area contributed by atoms with Crippen molar-refractivity contribution in [2.45, 2.75) is 13.5 Å². The van der Waals surface area contributed by atoms with Crippen molar-refractivity contribution in [3.05, 3.63) is 99.8 Å². The van der Waals surface area contributed by atoms with E-state index in [-0.39, 0.29) is 24.0 Å². The van der Waals surface area contributed by atoms with Crippen LogP contribution in [0.15, 0.2) is 70.6 Å². The molecule has 1 heterocycles. The molecule has 4 rings (SSSR count). The average Bonchev–Trinajstić information content (AvgIpc) is 3.13. The van der Waals surface area contributed by atoms with Gasteiger partial charge in [-0.2, -0.15) is 0 Å². The number of rotatable bonds is 7. The van der Waals surface area contributed by atoms with Crippen LogP contribution in [0.1, 0.15) is 18.1 Å². The van der Waals surface area contributed by atoms with Crippen molar-refractivity contribution in [1.29, 1.82) is 0 Å². The van der Waals surface area contributed by atoms with Gasteiger partial charge in [0.1, 0.15) is 18.2 Å². The van der Waals surface area contributed by atoms with Crippen LogP contribution in [0, 0.1) is 23.1 Å². The second-order valence-corrected chi connectivity index (χ2v) is 10.9. The van der Waals surface area contributed by atoms with Gasteiger partial charge in [0.2, 0.25) is 0 Å². The number of benzene rings is 3. The number of ether oxygens (including phenoxy) is 1. The smallest absolute Gasteiger partial charge is 0.269 e. The van der Waals surface area contributed by atoms with E-state index in [0.29, 0.717) is 33.6 Å². The molecule has 0 saturated carbocycles. The summed E-state index contributed by atoms with van der Waals surface area (Å²) in [5, 5.41) is 11.6. The Kier molecular flexibility index (Phi) is 8.62. The molecule has 7 nitrogen and oxygen atoms in total. The van der Waals surface area contributed by atoms with Crippen LogP contribution in [-0.4, -0.2) is 27.4 Å². The van der Waals surface area contributed by atoms with Crippen LogP contribution in [-0.2, 0) is 11.4 Å². The number of carbonyl (C=O) groups is 1. The number of amides is 1. The number of nitrogens with zero attached hydrogens (tertiary/aromatic N) is 3. The highest BCUT2D eigenvalue weighted by atomic mass is 127. The average molecular weight is 729 g/mol. The van der Waals surface area contributed by atoms with Gasteiger partial charge in [-0.1, -0.05) is 12.1 Å². The van der Waals surface area contributed by atoms with Gasteiger partial charge in [-0.05, 0) is 117 Å². The Hall–Kier alpha value is -2.52. The van der Waals surface area contributed by atoms with Crippen LogP contribution in [0.25, 0.3) is 6.08 Å². The molecule has 36 heavy (non-hydrogen) atoms. The van der Waals surface area contributed by atoms with Gasteiger partial charge in [-0.25, -0.2) is 9.38 Å². The normalized spacial score (nSPS) is 15.7. The van der Waals surface area contributed by atoms with Gasteiger partial charge in [-0.15, -0.1) is 0 Å². The van der Waals surface area contributed by atoms with E-state index in [0.717, 1.165) is 12.7 Å². The number of amidine groups is 1. The summed E-state index contributed by atoms with van der Waals surface area (Å²) in [5.74, 6) is 0.187. The van der Waals surface area contributed by atoms with E-state index in [9.17, 15) is 19.3 Å². The standard InChI is InChI=1S/C25H18FI2N3O4S/c1-2-30-24(32)22(36-25(30)29-18-8-6-17(26)7-9-18)13-16-11-20(27)23(21(28)12-16)35-14-15-4-3-5-19(10-15)31(33)34/h3-13H,2,14H2,1H3/b22-13+,29-25?. The molecule has 1 aliphatic heterocycles. The number of likely N-dealkylation sites (N-methyl/N-ethyl adjacent to an activating group) is 1. The summed E-state index contributed by atoms with van der Waals surface area (Å²) in [6, 6.07) is 16.0. The van der Waals surface area contributed by atoms with Gasteiger partial charge >= 0.3 is 0 Å². The molecule has 3 aromatic carbocycles. The molecule has 0 bridgehead atoms. The molecule has 0 radical (unpaired) electrons. The highest BCUT2D eigenvalue weighted by Gasteiger charge is 2.32. The Morgan fingerprint density at radius 2 is 1.83 bits per heavy atom. The van der Waals surface area contributed by atoms with Crippen molar-refractivity contribution in [2.75, 3.05) is 6.54 Å². The van der Waals surface area contributed by atoms with E-state index in [1.807, 2.05) is 25.1 Å². The van der Waals surface area contributed by atoms with Crippen molar-refractivity contribution >= 4 is 85.5 Å². The van der Waals surface area contributed by atoms with Crippen LogP contribution >= 0.6 is 56.9 Å². The fraction of sp³-hybridized carbons (Fsp3) is 0.120. The quantitative estimate of drug-likeness (QED) is 0.112. The molecule has 11 heteroatoms. The predicted octanol–water partition coefficient (Wildman–Crippen LogP) is 7.15. The summed E-state index contributed by atoms with van der Waals surface area (Å²) in [4.78, 5) is 30.2. The van der Waals surface area contributed by atoms with Gasteiger partial charge in [0.25, 0.3) is 11.6 Å². The van der Waals surface area contributed by atoms with Gasteiger partial charge in [0.15, 0.2) is 5.17 Å². The summed E-state index contributed by atoms with van der Waals surface area (Å²) >= 11 is 5.62. The van der Waals surface area contributed by atoms with Gasteiger partial charge in [0.05, 0.1) is 22.7 Å². The van der Waals surface area contributed by atoms with E-state index in [4.69, 9.17) is 4.74 Å². The first kappa shape index (κ1) is 26.5. The SMILES string of the molecule is CCN1C(=O)/C(=C\c2cc(I)c(OCc3cccc([N+](=O)[O-])c3)c(I)c2)SC1=Nc1ccc(F)cc1. The van der Waals surface area contributed by atoms with E-state index < -0.39 is 4.92 Å². The maximum absolute atomic E-state index is 13.2. The monoisotopic (exact) mass is 729 g/mol. The second kappa shape index (κ2) is 11.7. The van der Waals surface area contributed by atoms with Crippen molar-refractivity contribution < 1.29 is 18.8 Å². The van der Waals surface area contributed by atoms with Crippen LogP contribution in [0.3, 0.4) is 0 Å². The molecule has 0 unspecified atom stereocenters. The van der Waals surface area contributed by atoms with Crippen molar-refractivity contribution in [3.63, 3.8) is 0 Å². The molecule has 3 aromatic rings. The Bertz CT molecular complexity index is 1370. The first-order valence-electron chi connectivity index (χ1n) is 10.7. The maximum Gasteiger partial charge on any atom is 0.269 e. The van der Waals surface area contributed by atoms with Gasteiger partial charge in [-0.3, -0.25) is 19.8 Å². The molecule has 0 spiro atoms. The Morgan fingerprint density at radius 1 is 1.14 bits per heavy atom. The summed E-state index contributed by atoms with van der Waals surface area (Å²) in [6.45, 7) is 2.53. The number of nitro benzene ring substituents is 1. The zero-order valence-corrected chi connectivity index (χ0v) is 23.9. The molecule has 0 aliphatic carbocycles. The summed E-state index contributed by atoms with van der Waals surface area (Å²) in [7, 11) is 0. The third-order valence-electron chi connectivity index (χ3n) is 5.08. The van der Waals surface area contributed by atoms with Crippen LogP contribution in [0.5, 0.6) is 5.75 Å². The third kappa shape index (κ3) is 6.24. The summed E-state index contributed by atoms with van der Waals surface area (Å²) in [6.07, 6.45) is 1.82. The van der Waals surface area contributed by atoms with Crippen LogP contribution < -0.4 is 4.74 Å². The Balaban J connectivity index is 1.54. The molecule has 0 N–H and O–H groups in total. The van der Waals surface area contributed by atoms with Crippen molar-refractivity contribution in [2.24, 2.45) is 4.99 Å². The lowest BCUT2D eigenvalue weighted by Crippen LogP contribution is -2.28. The molecular formula is C25H18FI2N3O4S. The maximum atomic E-state index is 13.2. The lowest BCUT2D eigenvalue weighted by Gasteiger charge is -2.12. The topological polar surface area (TPSA) is 85.0 Å². The van der Waals surface area contributed by atoms with Gasteiger partial charge < -0.3 is 4.74 Å². The fourth-order valence-electron chi connectivity index (χ4n) is 3.36. The summed E-state index contributed by atoms with van der Waals surface area (Å²) < 4.78 is 20.9. The van der Waals surface area contributed by atoms with Crippen molar-refractivity contribution in [1.82, 2.24) is 4.90 Å². The third-order valence-corrected chi connectivity index (χ3v) is 7.69. The van der Waals surface area contributed by atoms with E-state index in [2.05, 4.69) is 50.2 Å². The number of thioether (sulfide) groups is 1. The zero-order chi connectivity index (χ0) is 25.8. The molecule has 1 fully saturated rings. The number of hydrogen-bond donors (Lipinski definition) is 0. The minimum absolute atomic E-state index is 0.0182. The van der Waals surface area contributed by atoms with Gasteiger partial charge in [0, 0.05) is 18.7 Å². The molecule has 0 atom stereocenters. The van der Waals surface area contributed by atoms with E-state index in [1.54, 1.807) is 29.2 Å². The highest BCUT2D eigenvalue weighted by molar-refractivity contribution is 14.1. The molecule has 1 amide bonds. The first-order valence-corrected chi connectivity index (χ1v) is 13.6. The number of non-ortho nitro benzene ring substituents is 1. The Labute approximate surface area is 238 Å². The lowest BCUT2D eigenvalue weighted by atomic mass is 10.2. The number of carbonyl (C=O) groups excluding carboxylic acids is 1. The largest absolute Gasteiger partial charge is 0.487 e.